The van der Waals surface area contributed by atoms with Crippen molar-refractivity contribution in [3.8, 4) is 0 Å². The molecule has 2 N–H and O–H groups in total. The van der Waals surface area contributed by atoms with Crippen LogP contribution in [0.4, 0.5) is 8.78 Å². The second-order valence-corrected chi connectivity index (χ2v) is 3.22. The molecule has 3 nitrogen and oxygen atoms in total. The van der Waals surface area contributed by atoms with E-state index in [4.69, 9.17) is 5.84 Å². The molecule has 0 saturated carbocycles. The molecule has 0 bridgehead atoms. The van der Waals surface area contributed by atoms with Crippen molar-refractivity contribution in [3.05, 3.63) is 23.3 Å². The molecule has 0 aromatic carbocycles. The average molecular weight is 218 g/mol. The lowest BCUT2D eigenvalue weighted by Crippen LogP contribution is -2.38. The van der Waals surface area contributed by atoms with Crippen LogP contribution in [0.2, 0.25) is 0 Å². The van der Waals surface area contributed by atoms with Crippen molar-refractivity contribution in [3.63, 3.8) is 0 Å². The molecule has 0 aliphatic carbocycles. The van der Waals surface area contributed by atoms with Gasteiger partial charge in [-0.1, -0.05) is 6.08 Å². The Morgan fingerprint density at radius 3 is 2.33 bits per heavy atom. The summed E-state index contributed by atoms with van der Waals surface area (Å²) in [6.45, 7) is 2.61. The number of likely N-dealkylation sites (N-methyl/N-ethyl adjacent to an activating group) is 1. The van der Waals surface area contributed by atoms with Crippen molar-refractivity contribution < 1.29 is 13.6 Å². The van der Waals surface area contributed by atoms with Crippen LogP contribution >= 0.6 is 0 Å². The normalized spacial score (nSPS) is 16.3. The molecule has 0 aliphatic heterocycles. The molecule has 86 valence electrons. The van der Waals surface area contributed by atoms with E-state index >= 15 is 0 Å². The Hall–Kier alpha value is -1.07. The monoisotopic (exact) mass is 218 g/mol. The van der Waals surface area contributed by atoms with Crippen molar-refractivity contribution in [1.82, 2.24) is 5.01 Å². The van der Waals surface area contributed by atoms with Gasteiger partial charge in [-0.05, 0) is 13.8 Å². The number of allylic oxidation sites excluding steroid dienone is 3. The molecule has 0 unspecified atom stereocenters. The maximum Gasteiger partial charge on any atom is 0.138 e. The summed E-state index contributed by atoms with van der Waals surface area (Å²) in [4.78, 5) is 10.6. The van der Waals surface area contributed by atoms with Crippen molar-refractivity contribution in [2.45, 2.75) is 26.3 Å². The molecule has 0 spiro atoms. The Morgan fingerprint density at radius 2 is 2.07 bits per heavy atom. The third-order valence-corrected chi connectivity index (χ3v) is 2.05. The van der Waals surface area contributed by atoms with Gasteiger partial charge >= 0.3 is 0 Å². The highest BCUT2D eigenvalue weighted by Gasteiger charge is 2.17. The van der Waals surface area contributed by atoms with Gasteiger partial charge < -0.3 is 4.79 Å². The van der Waals surface area contributed by atoms with Crippen molar-refractivity contribution in [2.24, 2.45) is 5.84 Å². The topological polar surface area (TPSA) is 46.3 Å². The molecule has 15 heavy (non-hydrogen) atoms. The number of hydrazine groups is 1. The number of halogens is 2. The predicted molar refractivity (Wildman–Crippen MR) is 55.1 cm³/mol. The fourth-order valence-electron chi connectivity index (χ4n) is 1.07. The molecule has 0 rings (SSSR count). The van der Waals surface area contributed by atoms with Crippen LogP contribution in [-0.4, -0.2) is 24.4 Å². The Balaban J connectivity index is 4.86. The molecule has 1 atom stereocenters. The Morgan fingerprint density at radius 1 is 1.53 bits per heavy atom. The SMILES string of the molecule is C/C=C(F)\C(C[C@@H](C=O)N(C)N)=C(/C)F. The summed E-state index contributed by atoms with van der Waals surface area (Å²) in [5.41, 5.74) is -0.119. The van der Waals surface area contributed by atoms with Gasteiger partial charge in [0.25, 0.3) is 0 Å². The minimum atomic E-state index is -0.726. The average Bonchev–Trinajstić information content (AvgIpc) is 2.17. The second kappa shape index (κ2) is 6.42. The molecule has 5 heteroatoms. The highest BCUT2D eigenvalue weighted by molar-refractivity contribution is 5.58. The lowest BCUT2D eigenvalue weighted by molar-refractivity contribution is -0.112. The molecule has 0 saturated heterocycles. The number of carbonyl (C=O) groups excluding carboxylic acids is 1. The van der Waals surface area contributed by atoms with Gasteiger partial charge in [0.2, 0.25) is 0 Å². The summed E-state index contributed by atoms with van der Waals surface area (Å²) < 4.78 is 26.2. The molecular weight excluding hydrogens is 202 g/mol. The second-order valence-electron chi connectivity index (χ2n) is 3.22. The Bertz CT molecular complexity index is 281. The van der Waals surface area contributed by atoms with E-state index in [2.05, 4.69) is 0 Å². The van der Waals surface area contributed by atoms with E-state index in [1.165, 1.54) is 14.0 Å². The zero-order valence-electron chi connectivity index (χ0n) is 9.13. The highest BCUT2D eigenvalue weighted by atomic mass is 19.1. The molecule has 0 heterocycles. The fraction of sp³-hybridized carbons (Fsp3) is 0.500. The summed E-state index contributed by atoms with van der Waals surface area (Å²) in [5.74, 6) is 4.05. The van der Waals surface area contributed by atoms with Gasteiger partial charge in [-0.2, -0.15) is 0 Å². The summed E-state index contributed by atoms with van der Waals surface area (Å²) in [7, 11) is 1.47. The summed E-state index contributed by atoms with van der Waals surface area (Å²) in [6, 6.07) is -0.726. The molecule has 0 aliphatic rings. The van der Waals surface area contributed by atoms with Crippen LogP contribution in [0.5, 0.6) is 0 Å². The largest absolute Gasteiger partial charge is 0.302 e. The van der Waals surface area contributed by atoms with Gasteiger partial charge in [0.1, 0.15) is 17.9 Å². The first-order chi connectivity index (χ1) is 6.93. The standard InChI is InChI=1S/C10H16F2N2O/c1-4-10(12)9(7(2)11)5-8(6-15)14(3)13/h4,6,8H,5,13H2,1-3H3/b9-7+,10-4+/t8-/m0/s1. The smallest absolute Gasteiger partial charge is 0.138 e. The maximum atomic E-state index is 13.2. The first-order valence-electron chi connectivity index (χ1n) is 4.54. The number of nitrogens with two attached hydrogens (primary N) is 1. The third-order valence-electron chi connectivity index (χ3n) is 2.05. The van der Waals surface area contributed by atoms with E-state index in [0.29, 0.717) is 6.29 Å². The van der Waals surface area contributed by atoms with Crippen molar-refractivity contribution in [2.75, 3.05) is 7.05 Å². The molecule has 0 aromatic heterocycles. The number of hydrogen-bond acceptors (Lipinski definition) is 3. The first kappa shape index (κ1) is 13.9. The zero-order chi connectivity index (χ0) is 12.0. The number of rotatable bonds is 5. The lowest BCUT2D eigenvalue weighted by atomic mass is 10.0. The number of aldehydes is 1. The third kappa shape index (κ3) is 4.31. The minimum Gasteiger partial charge on any atom is -0.302 e. The van der Waals surface area contributed by atoms with Gasteiger partial charge in [-0.25, -0.2) is 13.8 Å². The van der Waals surface area contributed by atoms with Gasteiger partial charge in [-0.3, -0.25) is 5.84 Å². The van der Waals surface area contributed by atoms with Gasteiger partial charge in [0.15, 0.2) is 0 Å². The van der Waals surface area contributed by atoms with E-state index < -0.39 is 17.7 Å². The van der Waals surface area contributed by atoms with Crippen molar-refractivity contribution in [1.29, 1.82) is 0 Å². The summed E-state index contributed by atoms with van der Waals surface area (Å²) >= 11 is 0. The van der Waals surface area contributed by atoms with Gasteiger partial charge in [-0.15, -0.1) is 0 Å². The first-order valence-corrected chi connectivity index (χ1v) is 4.54. The molecule has 0 aromatic rings. The Kier molecular flexibility index (Phi) is 5.96. The maximum absolute atomic E-state index is 13.2. The predicted octanol–water partition coefficient (Wildman–Crippen LogP) is 1.87. The van der Waals surface area contributed by atoms with E-state index in [1.54, 1.807) is 0 Å². The van der Waals surface area contributed by atoms with E-state index in [9.17, 15) is 13.6 Å². The minimum absolute atomic E-state index is 0.0744. The quantitative estimate of drug-likeness (QED) is 0.331. The summed E-state index contributed by atoms with van der Waals surface area (Å²) in [6.07, 6.45) is 1.64. The number of nitrogens with zero attached hydrogens (tertiary/aromatic N) is 1. The molecular formula is C10H16F2N2O. The van der Waals surface area contributed by atoms with Crippen LogP contribution in [0.15, 0.2) is 23.3 Å². The zero-order valence-corrected chi connectivity index (χ0v) is 9.13. The van der Waals surface area contributed by atoms with Crippen LogP contribution in [0.25, 0.3) is 0 Å². The molecule has 0 fully saturated rings. The van der Waals surface area contributed by atoms with E-state index in [-0.39, 0.29) is 12.0 Å². The van der Waals surface area contributed by atoms with Crippen LogP contribution in [0.1, 0.15) is 20.3 Å². The van der Waals surface area contributed by atoms with Crippen LogP contribution in [-0.2, 0) is 4.79 Å². The summed E-state index contributed by atoms with van der Waals surface area (Å²) in [5, 5.41) is 1.12. The fourth-order valence-corrected chi connectivity index (χ4v) is 1.07. The van der Waals surface area contributed by atoms with Crippen molar-refractivity contribution >= 4 is 6.29 Å². The molecule has 0 amide bonds. The Labute approximate surface area is 88.2 Å². The van der Waals surface area contributed by atoms with Crippen LogP contribution in [0.3, 0.4) is 0 Å². The van der Waals surface area contributed by atoms with Crippen LogP contribution in [0, 0.1) is 0 Å². The van der Waals surface area contributed by atoms with E-state index in [1.807, 2.05) is 0 Å². The molecule has 0 radical (unpaired) electrons. The number of hydrogen-bond donors (Lipinski definition) is 1. The lowest BCUT2D eigenvalue weighted by Gasteiger charge is -2.19. The highest BCUT2D eigenvalue weighted by Crippen LogP contribution is 2.22. The van der Waals surface area contributed by atoms with Gasteiger partial charge in [0, 0.05) is 19.0 Å². The number of carbonyl (C=O) groups is 1. The van der Waals surface area contributed by atoms with Crippen LogP contribution < -0.4 is 5.84 Å². The van der Waals surface area contributed by atoms with E-state index in [0.717, 1.165) is 18.0 Å². The van der Waals surface area contributed by atoms with Gasteiger partial charge in [0.05, 0.1) is 6.04 Å².